The molecule has 3 aromatic rings. The molecular weight excluding hydrogens is 366 g/mol. The summed E-state index contributed by atoms with van der Waals surface area (Å²) in [5, 5.41) is 6.25. The average Bonchev–Trinajstić information content (AvgIpc) is 2.69. The number of hydrogen-bond acceptors (Lipinski definition) is 5. The fourth-order valence-corrected chi connectivity index (χ4v) is 2.56. The topological polar surface area (TPSA) is 80.3 Å². The lowest BCUT2D eigenvalue weighted by Crippen LogP contribution is -2.12. The average molecular weight is 382 g/mol. The minimum Gasteiger partial charge on any atom is -0.465 e. The van der Waals surface area contributed by atoms with Crippen LogP contribution in [0, 0.1) is 0 Å². The molecule has 0 spiro atoms. The summed E-state index contributed by atoms with van der Waals surface area (Å²) in [4.78, 5) is 27.9. The molecule has 0 aliphatic heterocycles. The van der Waals surface area contributed by atoms with Gasteiger partial charge in [0.2, 0.25) is 0 Å². The molecule has 7 heteroatoms. The molecule has 1 heterocycles. The smallest absolute Gasteiger partial charge is 0.337 e. The molecule has 0 saturated heterocycles. The number of nitrogens with zero attached hydrogens (tertiary/aromatic N) is 1. The number of halogens is 1. The van der Waals surface area contributed by atoms with Gasteiger partial charge in [0.25, 0.3) is 5.91 Å². The van der Waals surface area contributed by atoms with E-state index in [1.54, 1.807) is 66.9 Å². The predicted molar refractivity (Wildman–Crippen MR) is 105 cm³/mol. The van der Waals surface area contributed by atoms with Gasteiger partial charge in [-0.1, -0.05) is 23.7 Å². The van der Waals surface area contributed by atoms with Crippen molar-refractivity contribution in [2.45, 2.75) is 0 Å². The van der Waals surface area contributed by atoms with Crippen molar-refractivity contribution in [3.8, 4) is 0 Å². The van der Waals surface area contributed by atoms with Crippen molar-refractivity contribution in [2.75, 3.05) is 17.7 Å². The molecule has 27 heavy (non-hydrogen) atoms. The first-order chi connectivity index (χ1) is 13.1. The van der Waals surface area contributed by atoms with E-state index in [1.807, 2.05) is 0 Å². The molecule has 0 bridgehead atoms. The molecule has 6 nitrogen and oxygen atoms in total. The summed E-state index contributed by atoms with van der Waals surface area (Å²) in [6, 6.07) is 17.1. The SMILES string of the molecule is COC(=O)c1ccc(Nc2ccc(NC(=O)c3ccccc3Cl)cn2)cc1. The Morgan fingerprint density at radius 3 is 2.30 bits per heavy atom. The van der Waals surface area contributed by atoms with E-state index >= 15 is 0 Å². The van der Waals surface area contributed by atoms with Crippen molar-refractivity contribution in [3.05, 3.63) is 83.0 Å². The van der Waals surface area contributed by atoms with Crippen molar-refractivity contribution in [1.29, 1.82) is 0 Å². The van der Waals surface area contributed by atoms with E-state index in [0.717, 1.165) is 5.69 Å². The van der Waals surface area contributed by atoms with Crippen LogP contribution in [0.1, 0.15) is 20.7 Å². The molecule has 0 fully saturated rings. The predicted octanol–water partition coefficient (Wildman–Crippen LogP) is 4.52. The lowest BCUT2D eigenvalue weighted by atomic mass is 10.2. The van der Waals surface area contributed by atoms with Gasteiger partial charge in [-0.3, -0.25) is 4.79 Å². The van der Waals surface area contributed by atoms with Gasteiger partial charge in [-0.15, -0.1) is 0 Å². The maximum atomic E-state index is 12.2. The summed E-state index contributed by atoms with van der Waals surface area (Å²) in [6.45, 7) is 0. The summed E-state index contributed by atoms with van der Waals surface area (Å²) in [5.74, 6) is -0.101. The van der Waals surface area contributed by atoms with Crippen molar-refractivity contribution in [1.82, 2.24) is 4.98 Å². The third kappa shape index (κ3) is 4.62. The summed E-state index contributed by atoms with van der Waals surface area (Å²) < 4.78 is 4.66. The van der Waals surface area contributed by atoms with Gasteiger partial charge in [-0.2, -0.15) is 0 Å². The molecule has 136 valence electrons. The quantitative estimate of drug-likeness (QED) is 0.635. The van der Waals surface area contributed by atoms with Crippen LogP contribution in [-0.4, -0.2) is 24.0 Å². The van der Waals surface area contributed by atoms with Crippen molar-refractivity contribution in [2.24, 2.45) is 0 Å². The van der Waals surface area contributed by atoms with Crippen LogP contribution >= 0.6 is 11.6 Å². The van der Waals surface area contributed by atoms with E-state index in [-0.39, 0.29) is 5.91 Å². The highest BCUT2D eigenvalue weighted by atomic mass is 35.5. The van der Waals surface area contributed by atoms with Gasteiger partial charge >= 0.3 is 5.97 Å². The van der Waals surface area contributed by atoms with Crippen LogP contribution in [0.2, 0.25) is 5.02 Å². The Balaban J connectivity index is 1.64. The number of ether oxygens (including phenoxy) is 1. The summed E-state index contributed by atoms with van der Waals surface area (Å²) in [7, 11) is 1.34. The molecule has 1 amide bonds. The van der Waals surface area contributed by atoms with Crippen LogP contribution in [0.4, 0.5) is 17.2 Å². The van der Waals surface area contributed by atoms with Crippen LogP contribution < -0.4 is 10.6 Å². The second-order valence-corrected chi connectivity index (χ2v) is 5.97. The molecule has 0 atom stereocenters. The Labute approximate surface area is 161 Å². The van der Waals surface area contributed by atoms with Crippen LogP contribution in [0.3, 0.4) is 0 Å². The summed E-state index contributed by atoms with van der Waals surface area (Å²) in [6.07, 6.45) is 1.54. The van der Waals surface area contributed by atoms with E-state index in [1.165, 1.54) is 7.11 Å². The molecular formula is C20H16ClN3O3. The fraction of sp³-hybridized carbons (Fsp3) is 0.0500. The molecule has 2 aromatic carbocycles. The van der Waals surface area contributed by atoms with E-state index < -0.39 is 5.97 Å². The fourth-order valence-electron chi connectivity index (χ4n) is 2.34. The highest BCUT2D eigenvalue weighted by Crippen LogP contribution is 2.19. The maximum Gasteiger partial charge on any atom is 0.337 e. The number of pyridine rings is 1. The standard InChI is InChI=1S/C20H16ClN3O3/c1-27-20(26)13-6-8-14(9-7-13)23-18-11-10-15(12-22-18)24-19(25)16-4-2-3-5-17(16)21/h2-12H,1H3,(H,22,23)(H,24,25). The van der Waals surface area contributed by atoms with E-state index in [0.29, 0.717) is 27.7 Å². The third-order valence-electron chi connectivity index (χ3n) is 3.72. The minimum atomic E-state index is -0.390. The summed E-state index contributed by atoms with van der Waals surface area (Å²) in [5.41, 5.74) is 2.18. The zero-order valence-corrected chi connectivity index (χ0v) is 15.2. The second kappa shape index (κ2) is 8.33. The first-order valence-corrected chi connectivity index (χ1v) is 8.42. The van der Waals surface area contributed by atoms with Gasteiger partial charge < -0.3 is 15.4 Å². The lowest BCUT2D eigenvalue weighted by Gasteiger charge is -2.09. The van der Waals surface area contributed by atoms with E-state index in [4.69, 9.17) is 11.6 Å². The van der Waals surface area contributed by atoms with Crippen LogP contribution in [0.5, 0.6) is 0 Å². The number of rotatable bonds is 5. The molecule has 0 aliphatic carbocycles. The molecule has 3 rings (SSSR count). The minimum absolute atomic E-state index is 0.304. The molecule has 1 aromatic heterocycles. The Bertz CT molecular complexity index is 957. The highest BCUT2D eigenvalue weighted by Gasteiger charge is 2.10. The lowest BCUT2D eigenvalue weighted by molar-refractivity contribution is 0.0600. The highest BCUT2D eigenvalue weighted by molar-refractivity contribution is 6.34. The number of anilines is 3. The Morgan fingerprint density at radius 1 is 0.963 bits per heavy atom. The first-order valence-electron chi connectivity index (χ1n) is 8.04. The third-order valence-corrected chi connectivity index (χ3v) is 4.05. The number of carbonyl (C=O) groups excluding carboxylic acids is 2. The first kappa shape index (κ1) is 18.4. The number of carbonyl (C=O) groups is 2. The van der Waals surface area contributed by atoms with Crippen molar-refractivity contribution >= 4 is 40.7 Å². The zero-order chi connectivity index (χ0) is 19.2. The zero-order valence-electron chi connectivity index (χ0n) is 14.4. The van der Waals surface area contributed by atoms with Gasteiger partial charge in [0, 0.05) is 5.69 Å². The maximum absolute atomic E-state index is 12.2. The van der Waals surface area contributed by atoms with E-state index in [9.17, 15) is 9.59 Å². The number of nitrogens with one attached hydrogen (secondary N) is 2. The molecule has 0 saturated carbocycles. The van der Waals surface area contributed by atoms with Gasteiger partial charge in [-0.25, -0.2) is 9.78 Å². The van der Waals surface area contributed by atoms with Gasteiger partial charge in [0.15, 0.2) is 0 Å². The number of benzene rings is 2. The number of esters is 1. The molecule has 2 N–H and O–H groups in total. The number of amides is 1. The van der Waals surface area contributed by atoms with Crippen LogP contribution in [0.25, 0.3) is 0 Å². The second-order valence-electron chi connectivity index (χ2n) is 5.56. The monoisotopic (exact) mass is 381 g/mol. The van der Waals surface area contributed by atoms with Gasteiger partial charge in [-0.05, 0) is 48.5 Å². The molecule has 0 unspecified atom stereocenters. The Kier molecular flexibility index (Phi) is 5.68. The number of methoxy groups -OCH3 is 1. The molecule has 0 aliphatic rings. The number of hydrogen-bond donors (Lipinski definition) is 2. The Morgan fingerprint density at radius 2 is 1.67 bits per heavy atom. The van der Waals surface area contributed by atoms with Gasteiger partial charge in [0.1, 0.15) is 5.82 Å². The Hall–Kier alpha value is -3.38. The van der Waals surface area contributed by atoms with Crippen LogP contribution in [0.15, 0.2) is 66.9 Å². The van der Waals surface area contributed by atoms with Crippen molar-refractivity contribution in [3.63, 3.8) is 0 Å². The van der Waals surface area contributed by atoms with E-state index in [2.05, 4.69) is 20.4 Å². The number of aromatic nitrogens is 1. The van der Waals surface area contributed by atoms with Crippen molar-refractivity contribution < 1.29 is 14.3 Å². The van der Waals surface area contributed by atoms with Gasteiger partial charge in [0.05, 0.1) is 35.1 Å². The van der Waals surface area contributed by atoms with Crippen LogP contribution in [-0.2, 0) is 4.74 Å². The largest absolute Gasteiger partial charge is 0.465 e. The summed E-state index contributed by atoms with van der Waals surface area (Å²) >= 11 is 6.03. The molecule has 0 radical (unpaired) electrons. The normalized spacial score (nSPS) is 10.1.